The Hall–Kier alpha value is -0.610. The number of carbonyl (C=O) groups excluding carboxylic acids is 1. The Bertz CT molecular complexity index is 352. The Morgan fingerprint density at radius 2 is 2.16 bits per heavy atom. The summed E-state index contributed by atoms with van der Waals surface area (Å²) in [6, 6.07) is 0.275. The van der Waals surface area contributed by atoms with Gasteiger partial charge < -0.3 is 9.64 Å². The Labute approximate surface area is 115 Å². The number of nitrogens with one attached hydrogen (secondary N) is 1. The molecule has 0 aromatic carbocycles. The van der Waals surface area contributed by atoms with Crippen LogP contribution in [0.5, 0.6) is 0 Å². The normalized spacial score (nSPS) is 37.7. The van der Waals surface area contributed by atoms with E-state index in [1.165, 1.54) is 12.8 Å². The maximum atomic E-state index is 13.0. The van der Waals surface area contributed by atoms with Gasteiger partial charge in [-0.25, -0.2) is 0 Å². The van der Waals surface area contributed by atoms with Gasteiger partial charge in [0, 0.05) is 6.61 Å². The standard InChI is InChI=1S/C15H26N2O2/c1-3-6-13-16-15(8-4-5-9-15)14(18)17(13)12-7-10-19-11(12)2/h11-13,16H,3-10H2,1-2H3. The molecule has 0 aromatic rings. The zero-order chi connectivity index (χ0) is 13.5. The van der Waals surface area contributed by atoms with Crippen molar-refractivity contribution < 1.29 is 9.53 Å². The van der Waals surface area contributed by atoms with E-state index in [-0.39, 0.29) is 23.9 Å². The van der Waals surface area contributed by atoms with Crippen LogP contribution in [0, 0.1) is 0 Å². The van der Waals surface area contributed by atoms with Gasteiger partial charge in [0.05, 0.1) is 23.9 Å². The topological polar surface area (TPSA) is 41.6 Å². The highest BCUT2D eigenvalue weighted by molar-refractivity contribution is 5.89. The number of ether oxygens (including phenoxy) is 1. The molecule has 3 rings (SSSR count). The number of rotatable bonds is 3. The molecule has 108 valence electrons. The zero-order valence-electron chi connectivity index (χ0n) is 12.2. The molecule has 4 heteroatoms. The monoisotopic (exact) mass is 266 g/mol. The maximum absolute atomic E-state index is 13.0. The largest absolute Gasteiger partial charge is 0.376 e. The van der Waals surface area contributed by atoms with Crippen LogP contribution in [-0.4, -0.2) is 41.3 Å². The number of amides is 1. The average molecular weight is 266 g/mol. The molecule has 4 nitrogen and oxygen atoms in total. The molecule has 1 amide bonds. The predicted octanol–water partition coefficient (Wildman–Crippen LogP) is 2.03. The molecule has 3 unspecified atom stereocenters. The van der Waals surface area contributed by atoms with E-state index in [9.17, 15) is 4.79 Å². The summed E-state index contributed by atoms with van der Waals surface area (Å²) in [4.78, 5) is 15.1. The fourth-order valence-electron chi connectivity index (χ4n) is 4.13. The van der Waals surface area contributed by atoms with Gasteiger partial charge in [0.15, 0.2) is 0 Å². The van der Waals surface area contributed by atoms with E-state index in [2.05, 4.69) is 24.1 Å². The number of hydrogen-bond donors (Lipinski definition) is 1. The molecule has 3 aliphatic rings. The lowest BCUT2D eigenvalue weighted by Crippen LogP contribution is -2.48. The van der Waals surface area contributed by atoms with Gasteiger partial charge in [-0.2, -0.15) is 0 Å². The Balaban J connectivity index is 1.84. The first kappa shape index (κ1) is 13.4. The first-order valence-corrected chi connectivity index (χ1v) is 7.90. The van der Waals surface area contributed by atoms with Gasteiger partial charge in [-0.05, 0) is 32.6 Å². The molecular formula is C15H26N2O2. The third-order valence-corrected chi connectivity index (χ3v) is 5.14. The highest BCUT2D eigenvalue weighted by atomic mass is 16.5. The lowest BCUT2D eigenvalue weighted by atomic mass is 9.97. The van der Waals surface area contributed by atoms with Crippen LogP contribution < -0.4 is 5.32 Å². The van der Waals surface area contributed by atoms with Crippen molar-refractivity contribution in [2.24, 2.45) is 0 Å². The molecule has 3 atom stereocenters. The van der Waals surface area contributed by atoms with Gasteiger partial charge >= 0.3 is 0 Å². The van der Waals surface area contributed by atoms with Crippen molar-refractivity contribution in [2.75, 3.05) is 6.61 Å². The van der Waals surface area contributed by atoms with Crippen molar-refractivity contribution in [3.05, 3.63) is 0 Å². The van der Waals surface area contributed by atoms with Crippen molar-refractivity contribution in [1.82, 2.24) is 10.2 Å². The maximum Gasteiger partial charge on any atom is 0.244 e. The molecule has 1 spiro atoms. The molecule has 0 radical (unpaired) electrons. The van der Waals surface area contributed by atoms with Crippen molar-refractivity contribution in [1.29, 1.82) is 0 Å². The predicted molar refractivity (Wildman–Crippen MR) is 73.7 cm³/mol. The van der Waals surface area contributed by atoms with E-state index in [0.29, 0.717) is 5.91 Å². The molecule has 1 aliphatic carbocycles. The van der Waals surface area contributed by atoms with Crippen molar-refractivity contribution in [2.45, 2.75) is 82.6 Å². The van der Waals surface area contributed by atoms with E-state index >= 15 is 0 Å². The molecule has 0 bridgehead atoms. The van der Waals surface area contributed by atoms with E-state index in [1.807, 2.05) is 0 Å². The van der Waals surface area contributed by atoms with Gasteiger partial charge in [0.25, 0.3) is 0 Å². The number of hydrogen-bond acceptors (Lipinski definition) is 3. The molecule has 2 saturated heterocycles. The minimum Gasteiger partial charge on any atom is -0.376 e. The SMILES string of the molecule is CCCC1NC2(CCCC2)C(=O)N1C1CCOC1C. The second-order valence-corrected chi connectivity index (χ2v) is 6.38. The molecule has 2 heterocycles. The summed E-state index contributed by atoms with van der Waals surface area (Å²) < 4.78 is 5.68. The summed E-state index contributed by atoms with van der Waals surface area (Å²) in [5, 5.41) is 3.69. The number of nitrogens with zero attached hydrogens (tertiary/aromatic N) is 1. The van der Waals surface area contributed by atoms with Crippen LogP contribution in [0.3, 0.4) is 0 Å². The second-order valence-electron chi connectivity index (χ2n) is 6.38. The van der Waals surface area contributed by atoms with Crippen LogP contribution in [0.2, 0.25) is 0 Å². The Kier molecular flexibility index (Phi) is 3.56. The zero-order valence-corrected chi connectivity index (χ0v) is 12.2. The van der Waals surface area contributed by atoms with E-state index < -0.39 is 0 Å². The summed E-state index contributed by atoms with van der Waals surface area (Å²) in [6.45, 7) is 5.09. The fraction of sp³-hybridized carbons (Fsp3) is 0.933. The first-order chi connectivity index (χ1) is 9.18. The van der Waals surface area contributed by atoms with Crippen molar-refractivity contribution >= 4 is 5.91 Å². The first-order valence-electron chi connectivity index (χ1n) is 7.90. The van der Waals surface area contributed by atoms with E-state index in [4.69, 9.17) is 4.74 Å². The summed E-state index contributed by atoms with van der Waals surface area (Å²) in [6.07, 6.45) is 7.96. The lowest BCUT2D eigenvalue weighted by molar-refractivity contribution is -0.136. The van der Waals surface area contributed by atoms with Gasteiger partial charge in [0.2, 0.25) is 5.91 Å². The Morgan fingerprint density at radius 1 is 1.42 bits per heavy atom. The van der Waals surface area contributed by atoms with Crippen LogP contribution in [0.15, 0.2) is 0 Å². The molecule has 0 aromatic heterocycles. The molecule has 1 N–H and O–H groups in total. The van der Waals surface area contributed by atoms with E-state index in [0.717, 1.165) is 38.7 Å². The third-order valence-electron chi connectivity index (χ3n) is 5.14. The average Bonchev–Trinajstić information content (AvgIpc) is 3.06. The van der Waals surface area contributed by atoms with Crippen molar-refractivity contribution in [3.8, 4) is 0 Å². The molecule has 19 heavy (non-hydrogen) atoms. The smallest absolute Gasteiger partial charge is 0.244 e. The minimum absolute atomic E-state index is 0.182. The third kappa shape index (κ3) is 2.09. The fourth-order valence-corrected chi connectivity index (χ4v) is 4.13. The summed E-state index contributed by atoms with van der Waals surface area (Å²) in [5.74, 6) is 0.353. The minimum atomic E-state index is -0.234. The number of carbonyl (C=O) groups is 1. The molecule has 2 aliphatic heterocycles. The van der Waals surface area contributed by atoms with Gasteiger partial charge in [-0.3, -0.25) is 10.1 Å². The van der Waals surface area contributed by atoms with Crippen molar-refractivity contribution in [3.63, 3.8) is 0 Å². The summed E-state index contributed by atoms with van der Waals surface area (Å²) >= 11 is 0. The summed E-state index contributed by atoms with van der Waals surface area (Å²) in [5.41, 5.74) is -0.234. The van der Waals surface area contributed by atoms with Crippen LogP contribution in [0.4, 0.5) is 0 Å². The quantitative estimate of drug-likeness (QED) is 0.850. The molecule has 3 fully saturated rings. The van der Waals surface area contributed by atoms with Crippen LogP contribution in [-0.2, 0) is 9.53 Å². The lowest BCUT2D eigenvalue weighted by Gasteiger charge is -2.32. The van der Waals surface area contributed by atoms with Gasteiger partial charge in [-0.1, -0.05) is 26.2 Å². The van der Waals surface area contributed by atoms with Crippen LogP contribution in [0.1, 0.15) is 58.8 Å². The second kappa shape index (κ2) is 5.06. The highest BCUT2D eigenvalue weighted by Crippen LogP contribution is 2.39. The molecular weight excluding hydrogens is 240 g/mol. The van der Waals surface area contributed by atoms with Crippen LogP contribution >= 0.6 is 0 Å². The summed E-state index contributed by atoms with van der Waals surface area (Å²) in [7, 11) is 0. The van der Waals surface area contributed by atoms with Gasteiger partial charge in [0.1, 0.15) is 0 Å². The van der Waals surface area contributed by atoms with E-state index in [1.54, 1.807) is 0 Å². The molecule has 1 saturated carbocycles. The van der Waals surface area contributed by atoms with Gasteiger partial charge in [-0.15, -0.1) is 0 Å². The Morgan fingerprint density at radius 3 is 2.74 bits per heavy atom. The van der Waals surface area contributed by atoms with Crippen LogP contribution in [0.25, 0.3) is 0 Å². The highest BCUT2D eigenvalue weighted by Gasteiger charge is 2.54.